The number of amides is 1. The molecule has 0 radical (unpaired) electrons. The summed E-state index contributed by atoms with van der Waals surface area (Å²) in [6.45, 7) is 9.56. The average molecular weight is 760 g/mol. The van der Waals surface area contributed by atoms with Crippen molar-refractivity contribution in [1.82, 2.24) is 39.2 Å². The van der Waals surface area contributed by atoms with Crippen molar-refractivity contribution >= 4 is 45.1 Å². The minimum atomic E-state index is -1.04. The van der Waals surface area contributed by atoms with Gasteiger partial charge in [0.1, 0.15) is 22.9 Å². The Labute approximate surface area is 321 Å². The maximum atomic E-state index is 14.8. The van der Waals surface area contributed by atoms with Crippen LogP contribution in [0, 0.1) is 12.7 Å². The number of nitrogens with zero attached hydrogens (tertiary/aromatic N) is 7. The SMILES string of the molecule is CCn1cncc1Cn1c(CN2CCC(c3cccc4c3OC(C)(c3ccc(Cl)cn3)O4)CC2)nc2cc(NC(=O)c3cc(F)c4[nH]nc(C)c4c3)ccc21. The summed E-state index contributed by atoms with van der Waals surface area (Å²) in [6.07, 6.45) is 7.24. The number of piperidine rings is 1. The number of carbonyl (C=O) groups excluding carboxylic acids is 1. The Kier molecular flexibility index (Phi) is 8.77. The first-order valence-corrected chi connectivity index (χ1v) is 18.8. The van der Waals surface area contributed by atoms with Gasteiger partial charge >= 0.3 is 0 Å². The molecule has 0 spiro atoms. The third-order valence-corrected chi connectivity index (χ3v) is 11.0. The summed E-state index contributed by atoms with van der Waals surface area (Å²) in [5.74, 6) is 0.739. The van der Waals surface area contributed by atoms with E-state index in [9.17, 15) is 9.18 Å². The van der Waals surface area contributed by atoms with E-state index in [2.05, 4.69) is 52.5 Å². The second-order valence-electron chi connectivity index (χ2n) is 14.4. The Morgan fingerprint density at radius 3 is 2.73 bits per heavy atom. The minimum absolute atomic E-state index is 0.212. The molecule has 1 unspecified atom stereocenters. The fourth-order valence-corrected chi connectivity index (χ4v) is 7.95. The third-order valence-electron chi connectivity index (χ3n) is 10.8. The predicted molar refractivity (Wildman–Crippen MR) is 207 cm³/mol. The van der Waals surface area contributed by atoms with E-state index in [1.165, 1.54) is 6.07 Å². The molecule has 1 fully saturated rings. The standard InChI is InChI=1S/C41H39ClFN9O3/c1-4-51-23-44-20-29(51)21-52-34-10-9-28(46-40(53)26-16-31-24(2)48-49-38(31)32(43)17-26)18-33(34)47-37(52)22-50-14-12-25(13-15-50)30-6-5-7-35-39(30)55-41(3,54-35)36-11-8-27(42)19-45-36/h5-11,16-20,23,25H,4,12-15,21-22H2,1-3H3,(H,46,53)(H,48,49). The van der Waals surface area contributed by atoms with E-state index in [-0.39, 0.29) is 11.1 Å². The van der Waals surface area contributed by atoms with Gasteiger partial charge in [-0.1, -0.05) is 23.7 Å². The van der Waals surface area contributed by atoms with Crippen LogP contribution in [0.3, 0.4) is 0 Å². The van der Waals surface area contributed by atoms with Gasteiger partial charge in [-0.05, 0) is 94.2 Å². The summed E-state index contributed by atoms with van der Waals surface area (Å²) < 4.78 is 32.0. The van der Waals surface area contributed by atoms with Crippen LogP contribution in [-0.2, 0) is 25.4 Å². The van der Waals surface area contributed by atoms with Gasteiger partial charge in [0.05, 0.1) is 46.9 Å². The topological polar surface area (TPSA) is 128 Å². The number of ether oxygens (including phenoxy) is 2. The molecule has 2 aliphatic rings. The number of imidazole rings is 2. The number of H-pyrrole nitrogens is 1. The molecule has 1 amide bonds. The van der Waals surface area contributed by atoms with Crippen molar-refractivity contribution < 1.29 is 18.7 Å². The fraction of sp³-hybridized carbons (Fsp3) is 0.293. The number of para-hydroxylation sites is 1. The number of pyridine rings is 1. The highest BCUT2D eigenvalue weighted by atomic mass is 35.5. The normalized spacial score (nSPS) is 17.4. The number of hydrogen-bond acceptors (Lipinski definition) is 8. The average Bonchev–Trinajstić information content (AvgIpc) is 3.97. The highest BCUT2D eigenvalue weighted by Gasteiger charge is 2.42. The van der Waals surface area contributed by atoms with Crippen molar-refractivity contribution in [2.45, 2.75) is 65.0 Å². The van der Waals surface area contributed by atoms with Gasteiger partial charge < -0.3 is 23.9 Å². The number of aromatic amines is 1. The summed E-state index contributed by atoms with van der Waals surface area (Å²) in [7, 11) is 0. The number of carbonyl (C=O) groups is 1. The summed E-state index contributed by atoms with van der Waals surface area (Å²) in [6, 6.07) is 18.3. The van der Waals surface area contributed by atoms with Gasteiger partial charge in [-0.2, -0.15) is 5.10 Å². The molecule has 0 saturated carbocycles. The van der Waals surface area contributed by atoms with Crippen LogP contribution in [0.25, 0.3) is 21.9 Å². The monoisotopic (exact) mass is 759 g/mol. The first-order valence-electron chi connectivity index (χ1n) is 18.4. The zero-order chi connectivity index (χ0) is 37.8. The molecule has 7 aromatic rings. The van der Waals surface area contributed by atoms with Crippen molar-refractivity contribution in [1.29, 1.82) is 0 Å². The Hall–Kier alpha value is -5.79. The van der Waals surface area contributed by atoms with Gasteiger partial charge in [0.25, 0.3) is 11.7 Å². The largest absolute Gasteiger partial charge is 0.443 e. The van der Waals surface area contributed by atoms with Crippen LogP contribution >= 0.6 is 11.6 Å². The molecule has 4 aromatic heterocycles. The Morgan fingerprint density at radius 2 is 1.93 bits per heavy atom. The van der Waals surface area contributed by atoms with E-state index in [1.54, 1.807) is 25.3 Å². The Balaban J connectivity index is 0.943. The molecule has 1 atom stereocenters. The Bertz CT molecular complexity index is 2570. The summed E-state index contributed by atoms with van der Waals surface area (Å²) >= 11 is 6.09. The molecule has 6 heterocycles. The number of aryl methyl sites for hydroxylation is 2. The zero-order valence-electron chi connectivity index (χ0n) is 30.6. The number of hydrogen-bond donors (Lipinski definition) is 2. The van der Waals surface area contributed by atoms with E-state index in [1.807, 2.05) is 55.8 Å². The van der Waals surface area contributed by atoms with Crippen molar-refractivity contribution in [3.05, 3.63) is 124 Å². The van der Waals surface area contributed by atoms with Crippen LogP contribution in [0.1, 0.15) is 71.4 Å². The molecule has 2 aliphatic heterocycles. The van der Waals surface area contributed by atoms with Crippen molar-refractivity contribution in [3.63, 3.8) is 0 Å². The number of benzene rings is 3. The lowest BCUT2D eigenvalue weighted by molar-refractivity contribution is -0.0722. The quantitative estimate of drug-likeness (QED) is 0.152. The van der Waals surface area contributed by atoms with Gasteiger partial charge in [-0.3, -0.25) is 19.8 Å². The molecule has 3 aromatic carbocycles. The number of halogens is 2. The lowest BCUT2D eigenvalue weighted by atomic mass is 9.88. The number of likely N-dealkylation sites (tertiary alicyclic amines) is 1. The minimum Gasteiger partial charge on any atom is -0.443 e. The molecule has 14 heteroatoms. The lowest BCUT2D eigenvalue weighted by Crippen LogP contribution is -2.34. The number of aromatic nitrogens is 7. The number of rotatable bonds is 9. The molecule has 55 heavy (non-hydrogen) atoms. The van der Waals surface area contributed by atoms with Crippen LogP contribution in [-0.4, -0.2) is 58.2 Å². The van der Waals surface area contributed by atoms with Crippen LogP contribution in [0.4, 0.5) is 10.1 Å². The lowest BCUT2D eigenvalue weighted by Gasteiger charge is -2.32. The van der Waals surface area contributed by atoms with Gasteiger partial charge in [-0.25, -0.2) is 14.4 Å². The van der Waals surface area contributed by atoms with E-state index < -0.39 is 17.5 Å². The number of anilines is 1. The first-order chi connectivity index (χ1) is 26.7. The van der Waals surface area contributed by atoms with Gasteiger partial charge in [-0.15, -0.1) is 0 Å². The third kappa shape index (κ3) is 6.46. The zero-order valence-corrected chi connectivity index (χ0v) is 31.4. The smallest absolute Gasteiger partial charge is 0.292 e. The predicted octanol–water partition coefficient (Wildman–Crippen LogP) is 7.95. The molecule has 280 valence electrons. The molecule has 2 N–H and O–H groups in total. The van der Waals surface area contributed by atoms with Gasteiger partial charge in [0.2, 0.25) is 0 Å². The second kappa shape index (κ2) is 13.8. The number of fused-ring (bicyclic) bond motifs is 3. The van der Waals surface area contributed by atoms with Gasteiger partial charge in [0.15, 0.2) is 11.5 Å². The van der Waals surface area contributed by atoms with E-state index in [0.29, 0.717) is 46.5 Å². The van der Waals surface area contributed by atoms with Crippen LogP contribution in [0.5, 0.6) is 11.5 Å². The van der Waals surface area contributed by atoms with E-state index in [4.69, 9.17) is 26.1 Å². The summed E-state index contributed by atoms with van der Waals surface area (Å²) in [4.78, 5) is 29.8. The molecule has 12 nitrogen and oxygen atoms in total. The Morgan fingerprint density at radius 1 is 1.07 bits per heavy atom. The second-order valence-corrected chi connectivity index (χ2v) is 14.8. The van der Waals surface area contributed by atoms with Crippen molar-refractivity contribution in [2.24, 2.45) is 0 Å². The highest BCUT2D eigenvalue weighted by molar-refractivity contribution is 6.30. The van der Waals surface area contributed by atoms with Gasteiger partial charge in [0, 0.05) is 48.1 Å². The summed E-state index contributed by atoms with van der Waals surface area (Å²) in [5, 5.41) is 10.8. The molecular formula is C41H39ClFN9O3. The molecule has 0 aliphatic carbocycles. The highest BCUT2D eigenvalue weighted by Crippen LogP contribution is 2.49. The van der Waals surface area contributed by atoms with Crippen molar-refractivity contribution in [3.8, 4) is 11.5 Å². The van der Waals surface area contributed by atoms with Crippen LogP contribution in [0.15, 0.2) is 79.4 Å². The molecule has 1 saturated heterocycles. The van der Waals surface area contributed by atoms with E-state index >= 15 is 0 Å². The fourth-order valence-electron chi connectivity index (χ4n) is 7.84. The first kappa shape index (κ1) is 34.9. The maximum Gasteiger partial charge on any atom is 0.292 e. The molecule has 9 rings (SSSR count). The van der Waals surface area contributed by atoms with Crippen molar-refractivity contribution in [2.75, 3.05) is 18.4 Å². The summed E-state index contributed by atoms with van der Waals surface area (Å²) in [5.41, 5.74) is 6.27. The van der Waals surface area contributed by atoms with E-state index in [0.717, 1.165) is 72.1 Å². The molecular weight excluding hydrogens is 721 g/mol. The number of nitrogens with one attached hydrogen (secondary N) is 2. The van der Waals surface area contributed by atoms with Crippen LogP contribution in [0.2, 0.25) is 5.02 Å². The maximum absolute atomic E-state index is 14.8. The molecule has 0 bridgehead atoms. The van der Waals surface area contributed by atoms with Crippen LogP contribution < -0.4 is 14.8 Å².